The van der Waals surface area contributed by atoms with Gasteiger partial charge in [-0.2, -0.15) is 0 Å². The third-order valence-electron chi connectivity index (χ3n) is 2.30. The van der Waals surface area contributed by atoms with Crippen LogP contribution in [0.25, 0.3) is 0 Å². The van der Waals surface area contributed by atoms with Crippen LogP contribution in [0, 0.1) is 6.92 Å². The van der Waals surface area contributed by atoms with Crippen LogP contribution in [-0.4, -0.2) is 34.1 Å². The molecule has 0 amide bonds. The van der Waals surface area contributed by atoms with Gasteiger partial charge in [0.1, 0.15) is 5.82 Å². The molecule has 1 heterocycles. The average molecular weight is 279 g/mol. The zero-order valence-corrected chi connectivity index (χ0v) is 11.9. The maximum absolute atomic E-state index is 5.71. The molecule has 1 aromatic heterocycles. The van der Waals surface area contributed by atoms with Gasteiger partial charge in [-0.25, -0.2) is 4.98 Å². The number of hydrogen-bond donors (Lipinski definition) is 1. The average Bonchev–Trinajstić information content (AvgIpc) is 2.83. The van der Waals surface area contributed by atoms with Crippen molar-refractivity contribution < 1.29 is 9.47 Å². The van der Waals surface area contributed by atoms with Crippen LogP contribution in [0.2, 0.25) is 0 Å². The fraction of sp³-hybridized carbons (Fsp3) is 0.385. The number of nitrogens with zero attached hydrogens (tertiary/aromatic N) is 2. The highest BCUT2D eigenvalue weighted by Crippen LogP contribution is 2.26. The Labute approximate surface area is 116 Å². The fourth-order valence-corrected chi connectivity index (χ4v) is 2.18. The molecular weight excluding hydrogens is 262 g/mol. The predicted molar refractivity (Wildman–Crippen MR) is 74.9 cm³/mol. The van der Waals surface area contributed by atoms with Crippen LogP contribution in [0.15, 0.2) is 29.4 Å². The Kier molecular flexibility index (Phi) is 5.09. The molecule has 0 aliphatic heterocycles. The molecule has 6 heteroatoms. The molecule has 0 spiro atoms. The van der Waals surface area contributed by atoms with E-state index >= 15 is 0 Å². The summed E-state index contributed by atoms with van der Waals surface area (Å²) < 4.78 is 11.2. The first-order valence-electron chi connectivity index (χ1n) is 6.16. The van der Waals surface area contributed by atoms with Crippen LogP contribution in [0.3, 0.4) is 0 Å². The van der Waals surface area contributed by atoms with Gasteiger partial charge in [-0.1, -0.05) is 23.9 Å². The Balaban J connectivity index is 1.79. The van der Waals surface area contributed by atoms with Gasteiger partial charge in [0, 0.05) is 5.75 Å². The standard InChI is InChI=1S/C13H17N3O2S/c1-3-17-11-6-4-5-7-12(11)18-8-9-19-13-14-10(2)15-16-13/h4-7H,3,8-9H2,1-2H3,(H,14,15,16). The van der Waals surface area contributed by atoms with E-state index < -0.39 is 0 Å². The molecule has 0 fully saturated rings. The fourth-order valence-electron chi connectivity index (χ4n) is 1.52. The van der Waals surface area contributed by atoms with Gasteiger partial charge in [0.15, 0.2) is 11.5 Å². The van der Waals surface area contributed by atoms with E-state index in [1.165, 1.54) is 0 Å². The summed E-state index contributed by atoms with van der Waals surface area (Å²) in [6, 6.07) is 7.68. The molecule has 0 bridgehead atoms. The minimum Gasteiger partial charge on any atom is -0.490 e. The number of rotatable bonds is 7. The number of nitrogens with one attached hydrogen (secondary N) is 1. The second-order valence-corrected chi connectivity index (χ2v) is 4.84. The molecule has 2 rings (SSSR count). The number of hydrogen-bond acceptors (Lipinski definition) is 5. The molecule has 0 saturated heterocycles. The number of aromatic amines is 1. The topological polar surface area (TPSA) is 60.0 Å². The van der Waals surface area contributed by atoms with Crippen molar-refractivity contribution >= 4 is 11.8 Å². The zero-order valence-electron chi connectivity index (χ0n) is 11.0. The maximum Gasteiger partial charge on any atom is 0.208 e. The summed E-state index contributed by atoms with van der Waals surface area (Å²) in [4.78, 5) is 4.22. The van der Waals surface area contributed by atoms with Crippen molar-refractivity contribution in [3.05, 3.63) is 30.1 Å². The zero-order chi connectivity index (χ0) is 13.5. The van der Waals surface area contributed by atoms with Crippen LogP contribution in [-0.2, 0) is 0 Å². The number of thioether (sulfide) groups is 1. The van der Waals surface area contributed by atoms with Gasteiger partial charge < -0.3 is 9.47 Å². The molecule has 0 unspecified atom stereocenters. The molecule has 1 N–H and O–H groups in total. The Bertz CT molecular complexity index is 516. The summed E-state index contributed by atoms with van der Waals surface area (Å²) in [5, 5.41) is 7.61. The molecule has 102 valence electrons. The summed E-state index contributed by atoms with van der Waals surface area (Å²) in [6.45, 7) is 5.05. The van der Waals surface area contributed by atoms with Crippen molar-refractivity contribution in [3.63, 3.8) is 0 Å². The lowest BCUT2D eigenvalue weighted by Gasteiger charge is -2.10. The van der Waals surface area contributed by atoms with Crippen LogP contribution in [0.5, 0.6) is 11.5 Å². The summed E-state index contributed by atoms with van der Waals surface area (Å²) in [7, 11) is 0. The molecule has 5 nitrogen and oxygen atoms in total. The van der Waals surface area contributed by atoms with E-state index in [0.717, 1.165) is 28.2 Å². The van der Waals surface area contributed by atoms with Crippen molar-refractivity contribution in [2.24, 2.45) is 0 Å². The van der Waals surface area contributed by atoms with Crippen molar-refractivity contribution in [3.8, 4) is 11.5 Å². The second-order valence-electron chi connectivity index (χ2n) is 3.78. The lowest BCUT2D eigenvalue weighted by molar-refractivity contribution is 0.289. The molecular formula is C13H17N3O2S. The van der Waals surface area contributed by atoms with E-state index in [1.807, 2.05) is 38.1 Å². The maximum atomic E-state index is 5.71. The van der Waals surface area contributed by atoms with Gasteiger partial charge >= 0.3 is 0 Å². The smallest absolute Gasteiger partial charge is 0.208 e. The Hall–Kier alpha value is -1.69. The highest BCUT2D eigenvalue weighted by Gasteiger charge is 2.04. The Morgan fingerprint density at radius 3 is 2.58 bits per heavy atom. The first-order chi connectivity index (χ1) is 9.29. The molecule has 19 heavy (non-hydrogen) atoms. The van der Waals surface area contributed by atoms with Gasteiger partial charge in [-0.3, -0.25) is 5.10 Å². The summed E-state index contributed by atoms with van der Waals surface area (Å²) in [5.41, 5.74) is 0. The van der Waals surface area contributed by atoms with Crippen molar-refractivity contribution in [2.75, 3.05) is 19.0 Å². The first kappa shape index (κ1) is 13.7. The number of H-pyrrole nitrogens is 1. The third-order valence-corrected chi connectivity index (χ3v) is 3.11. The quantitative estimate of drug-likeness (QED) is 0.623. The second kappa shape index (κ2) is 7.04. The summed E-state index contributed by atoms with van der Waals surface area (Å²) >= 11 is 1.56. The predicted octanol–water partition coefficient (Wildman–Crippen LogP) is 2.68. The van der Waals surface area contributed by atoms with Crippen molar-refractivity contribution in [1.82, 2.24) is 15.2 Å². The molecule has 2 aromatic rings. The van der Waals surface area contributed by atoms with Gasteiger partial charge in [-0.05, 0) is 26.0 Å². The molecule has 0 atom stereocenters. The normalized spacial score (nSPS) is 10.4. The number of ether oxygens (including phenoxy) is 2. The van der Waals surface area contributed by atoms with E-state index in [-0.39, 0.29) is 0 Å². The van der Waals surface area contributed by atoms with E-state index in [4.69, 9.17) is 9.47 Å². The van der Waals surface area contributed by atoms with Gasteiger partial charge in [0.25, 0.3) is 0 Å². The van der Waals surface area contributed by atoms with Crippen LogP contribution in [0.4, 0.5) is 0 Å². The van der Waals surface area contributed by atoms with Gasteiger partial charge in [0.05, 0.1) is 13.2 Å². The lowest BCUT2D eigenvalue weighted by Crippen LogP contribution is -2.02. The van der Waals surface area contributed by atoms with Crippen LogP contribution < -0.4 is 9.47 Å². The molecule has 0 radical (unpaired) electrons. The number of benzene rings is 1. The van der Waals surface area contributed by atoms with E-state index in [1.54, 1.807) is 11.8 Å². The minimum absolute atomic E-state index is 0.586. The molecule has 0 aliphatic rings. The van der Waals surface area contributed by atoms with E-state index in [9.17, 15) is 0 Å². The van der Waals surface area contributed by atoms with Gasteiger partial charge in [0.2, 0.25) is 5.16 Å². The van der Waals surface area contributed by atoms with Crippen molar-refractivity contribution in [1.29, 1.82) is 0 Å². The van der Waals surface area contributed by atoms with Crippen LogP contribution in [0.1, 0.15) is 12.7 Å². The monoisotopic (exact) mass is 279 g/mol. The number of para-hydroxylation sites is 2. The summed E-state index contributed by atoms with van der Waals surface area (Å²) in [6.07, 6.45) is 0. The first-order valence-corrected chi connectivity index (χ1v) is 7.14. The number of aromatic nitrogens is 3. The van der Waals surface area contributed by atoms with Gasteiger partial charge in [-0.15, -0.1) is 5.10 Å². The number of aryl methyl sites for hydroxylation is 1. The highest BCUT2D eigenvalue weighted by atomic mass is 32.2. The molecule has 0 saturated carbocycles. The Morgan fingerprint density at radius 1 is 1.21 bits per heavy atom. The Morgan fingerprint density at radius 2 is 1.95 bits per heavy atom. The lowest BCUT2D eigenvalue weighted by atomic mass is 10.3. The largest absolute Gasteiger partial charge is 0.490 e. The summed E-state index contributed by atoms with van der Waals surface area (Å²) in [5.74, 6) is 3.17. The van der Waals surface area contributed by atoms with Crippen molar-refractivity contribution in [2.45, 2.75) is 19.0 Å². The molecule has 0 aliphatic carbocycles. The van der Waals surface area contributed by atoms with E-state index in [2.05, 4.69) is 15.2 Å². The van der Waals surface area contributed by atoms with E-state index in [0.29, 0.717) is 13.2 Å². The SMILES string of the molecule is CCOc1ccccc1OCCSc1n[nH]c(C)n1. The minimum atomic E-state index is 0.586. The third kappa shape index (κ3) is 4.17. The van der Waals surface area contributed by atoms with Crippen LogP contribution >= 0.6 is 11.8 Å². The highest BCUT2D eigenvalue weighted by molar-refractivity contribution is 7.99. The molecule has 1 aromatic carbocycles.